The molecule has 0 bridgehead atoms. The number of hydrogen-bond acceptors (Lipinski definition) is 4. The maximum absolute atomic E-state index is 11.9. The summed E-state index contributed by atoms with van der Waals surface area (Å²) in [6, 6.07) is 9.66. The van der Waals surface area contributed by atoms with E-state index in [0.717, 1.165) is 5.56 Å². The predicted octanol–water partition coefficient (Wildman–Crippen LogP) is 2.92. The van der Waals surface area contributed by atoms with Crippen molar-refractivity contribution in [3.8, 4) is 0 Å². The molecule has 0 aliphatic rings. The highest BCUT2D eigenvalue weighted by molar-refractivity contribution is 7.39. The molecule has 0 aliphatic carbocycles. The maximum atomic E-state index is 11.9. The second-order valence-electron chi connectivity index (χ2n) is 4.15. The third-order valence-electron chi connectivity index (χ3n) is 2.66. The van der Waals surface area contributed by atoms with Gasteiger partial charge in [-0.2, -0.15) is 0 Å². The number of benzene rings is 1. The average molecular weight is 284 g/mol. The summed E-state index contributed by atoms with van der Waals surface area (Å²) in [5, 5.41) is 0. The van der Waals surface area contributed by atoms with E-state index in [1.807, 2.05) is 30.3 Å². The number of ether oxygens (including phenoxy) is 1. The number of esters is 1. The van der Waals surface area contributed by atoms with Gasteiger partial charge >= 0.3 is 5.97 Å². The van der Waals surface area contributed by atoms with Crippen LogP contribution in [0.4, 0.5) is 0 Å². The Hall–Kier alpha value is -1.12. The molecule has 0 aromatic heterocycles. The molecule has 0 spiro atoms. The molecule has 4 nitrogen and oxygen atoms in total. The van der Waals surface area contributed by atoms with Crippen LogP contribution in [0.2, 0.25) is 0 Å². The average Bonchev–Trinajstić information content (AvgIpc) is 2.40. The number of carbonyl (C=O) groups excluding carboxylic acids is 1. The van der Waals surface area contributed by atoms with E-state index in [9.17, 15) is 9.36 Å². The molecule has 0 fully saturated rings. The molecule has 2 atom stereocenters. The van der Waals surface area contributed by atoms with Crippen molar-refractivity contribution in [2.24, 2.45) is 5.92 Å². The predicted molar refractivity (Wildman–Crippen MR) is 75.8 cm³/mol. The highest BCUT2D eigenvalue weighted by Gasteiger charge is 2.23. The normalized spacial score (nSPS) is 13.8. The number of hydrogen-bond donors (Lipinski definition) is 0. The van der Waals surface area contributed by atoms with Gasteiger partial charge in [-0.25, -0.2) is 0 Å². The molecule has 0 N–H and O–H groups in total. The molecule has 5 heteroatoms. The Morgan fingerprint density at radius 2 is 1.89 bits per heavy atom. The Morgan fingerprint density at radius 1 is 1.21 bits per heavy atom. The van der Waals surface area contributed by atoms with Crippen LogP contribution in [-0.2, 0) is 25.0 Å². The molecule has 0 saturated heterocycles. The van der Waals surface area contributed by atoms with Crippen LogP contribution in [0.25, 0.3) is 0 Å². The van der Waals surface area contributed by atoms with Crippen LogP contribution >= 0.6 is 8.03 Å². The highest BCUT2D eigenvalue weighted by atomic mass is 31.1. The van der Waals surface area contributed by atoms with Gasteiger partial charge in [0.25, 0.3) is 0 Å². The second kappa shape index (κ2) is 8.89. The number of carbonyl (C=O) groups is 1. The van der Waals surface area contributed by atoms with Crippen molar-refractivity contribution >= 4 is 14.0 Å². The second-order valence-corrected chi connectivity index (χ2v) is 5.59. The quantitative estimate of drug-likeness (QED) is 0.544. The van der Waals surface area contributed by atoms with E-state index in [1.54, 1.807) is 13.8 Å². The summed E-state index contributed by atoms with van der Waals surface area (Å²) in [6.07, 6.45) is 0.773. The smallest absolute Gasteiger partial charge is 0.309 e. The van der Waals surface area contributed by atoms with Crippen molar-refractivity contribution in [2.75, 3.05) is 19.4 Å². The molecule has 0 saturated carbocycles. The lowest BCUT2D eigenvalue weighted by Crippen LogP contribution is -2.22. The molecule has 1 rings (SSSR count). The fourth-order valence-electron chi connectivity index (χ4n) is 1.82. The molecule has 0 heterocycles. The van der Waals surface area contributed by atoms with Gasteiger partial charge in [-0.15, -0.1) is 0 Å². The maximum Gasteiger partial charge on any atom is 0.309 e. The lowest BCUT2D eigenvalue weighted by Gasteiger charge is -2.15. The van der Waals surface area contributed by atoms with Gasteiger partial charge in [0.05, 0.1) is 19.1 Å². The van der Waals surface area contributed by atoms with Crippen LogP contribution in [-0.4, -0.2) is 25.3 Å². The summed E-state index contributed by atoms with van der Waals surface area (Å²) < 4.78 is 21.8. The van der Waals surface area contributed by atoms with E-state index in [0.29, 0.717) is 19.6 Å². The standard InChI is InChI=1S/C14H21O4P/c1-3-17-14(15)13(11-19(16)18-4-2)10-12-8-6-5-7-9-12/h5-9,13,19H,3-4,10-11H2,1-2H3. The van der Waals surface area contributed by atoms with E-state index in [2.05, 4.69) is 0 Å². The van der Waals surface area contributed by atoms with Gasteiger partial charge in [0.1, 0.15) is 0 Å². The van der Waals surface area contributed by atoms with E-state index in [1.165, 1.54) is 0 Å². The van der Waals surface area contributed by atoms with Gasteiger partial charge in [-0.05, 0) is 25.8 Å². The molecule has 0 radical (unpaired) electrons. The van der Waals surface area contributed by atoms with E-state index in [-0.39, 0.29) is 12.1 Å². The minimum Gasteiger partial charge on any atom is -0.466 e. The molecule has 106 valence electrons. The van der Waals surface area contributed by atoms with Crippen LogP contribution in [0.5, 0.6) is 0 Å². The van der Waals surface area contributed by atoms with Crippen molar-refractivity contribution in [2.45, 2.75) is 20.3 Å². The van der Waals surface area contributed by atoms with Gasteiger partial charge in [0, 0.05) is 6.16 Å². The Labute approximate surface area is 115 Å². The van der Waals surface area contributed by atoms with Crippen molar-refractivity contribution in [3.05, 3.63) is 35.9 Å². The monoisotopic (exact) mass is 284 g/mol. The largest absolute Gasteiger partial charge is 0.466 e. The summed E-state index contributed by atoms with van der Waals surface area (Å²) in [7, 11) is -2.17. The van der Waals surface area contributed by atoms with Gasteiger partial charge in [0.15, 0.2) is 8.03 Å². The molecular weight excluding hydrogens is 263 g/mol. The Bertz CT molecular complexity index is 405. The minimum absolute atomic E-state index is 0.242. The fourth-order valence-corrected chi connectivity index (χ4v) is 2.97. The third-order valence-corrected chi connectivity index (χ3v) is 4.10. The van der Waals surface area contributed by atoms with Crippen molar-refractivity contribution < 1.29 is 18.6 Å². The van der Waals surface area contributed by atoms with Crippen LogP contribution in [0.1, 0.15) is 19.4 Å². The molecule has 2 unspecified atom stereocenters. The topological polar surface area (TPSA) is 52.6 Å². The van der Waals surface area contributed by atoms with Gasteiger partial charge in [0.2, 0.25) is 0 Å². The van der Waals surface area contributed by atoms with Crippen molar-refractivity contribution in [1.82, 2.24) is 0 Å². The fraction of sp³-hybridized carbons (Fsp3) is 0.500. The summed E-state index contributed by atoms with van der Waals surface area (Å²) in [4.78, 5) is 11.9. The minimum atomic E-state index is -2.17. The first kappa shape index (κ1) is 15.9. The summed E-state index contributed by atoms with van der Waals surface area (Å²) >= 11 is 0. The van der Waals surface area contributed by atoms with Crippen molar-refractivity contribution in [1.29, 1.82) is 0 Å². The zero-order chi connectivity index (χ0) is 14.1. The molecule has 0 amide bonds. The van der Waals surface area contributed by atoms with E-state index < -0.39 is 13.9 Å². The zero-order valence-corrected chi connectivity index (χ0v) is 12.4. The Kier molecular flexibility index (Phi) is 7.46. The van der Waals surface area contributed by atoms with Crippen LogP contribution in [0.3, 0.4) is 0 Å². The Balaban J connectivity index is 2.69. The van der Waals surface area contributed by atoms with Crippen LogP contribution in [0.15, 0.2) is 30.3 Å². The lowest BCUT2D eigenvalue weighted by atomic mass is 10.0. The first-order chi connectivity index (χ1) is 9.17. The summed E-state index contributed by atoms with van der Waals surface area (Å²) in [5.74, 6) is -0.704. The highest BCUT2D eigenvalue weighted by Crippen LogP contribution is 2.27. The molecule has 1 aromatic rings. The Morgan fingerprint density at radius 3 is 2.47 bits per heavy atom. The third kappa shape index (κ3) is 6.04. The zero-order valence-electron chi connectivity index (χ0n) is 11.4. The number of rotatable bonds is 8. The van der Waals surface area contributed by atoms with Crippen molar-refractivity contribution in [3.63, 3.8) is 0 Å². The molecule has 19 heavy (non-hydrogen) atoms. The van der Waals surface area contributed by atoms with Crippen LogP contribution in [0, 0.1) is 5.92 Å². The molecule has 0 aliphatic heterocycles. The van der Waals surface area contributed by atoms with Gasteiger partial charge < -0.3 is 9.26 Å². The first-order valence-corrected chi connectivity index (χ1v) is 8.05. The van der Waals surface area contributed by atoms with Crippen LogP contribution < -0.4 is 0 Å². The first-order valence-electron chi connectivity index (χ1n) is 6.53. The summed E-state index contributed by atoms with van der Waals surface area (Å²) in [5.41, 5.74) is 1.03. The summed E-state index contributed by atoms with van der Waals surface area (Å²) in [6.45, 7) is 4.29. The lowest BCUT2D eigenvalue weighted by molar-refractivity contribution is -0.147. The SMILES string of the molecule is CCOC(=O)C(Cc1ccccc1)C[PH](=O)OCC. The van der Waals surface area contributed by atoms with Gasteiger partial charge in [-0.3, -0.25) is 9.36 Å². The van der Waals surface area contributed by atoms with E-state index >= 15 is 0 Å². The molecular formula is C14H21O4P. The molecule has 1 aromatic carbocycles. The van der Waals surface area contributed by atoms with E-state index in [4.69, 9.17) is 9.26 Å². The van der Waals surface area contributed by atoms with Gasteiger partial charge in [-0.1, -0.05) is 30.3 Å².